The van der Waals surface area contributed by atoms with E-state index in [1.165, 1.54) is 18.5 Å². The van der Waals surface area contributed by atoms with Gasteiger partial charge in [0.05, 0.1) is 0 Å². The number of rotatable bonds is 5. The first kappa shape index (κ1) is 14.5. The lowest BCUT2D eigenvalue weighted by molar-refractivity contribution is 0.283. The molecule has 0 atom stereocenters. The number of halogens is 1. The van der Waals surface area contributed by atoms with Gasteiger partial charge in [-0.25, -0.2) is 14.1 Å². The molecule has 1 heterocycles. The summed E-state index contributed by atoms with van der Waals surface area (Å²) in [7, 11) is -1.80. The zero-order valence-electron chi connectivity index (χ0n) is 11.2. The van der Waals surface area contributed by atoms with Gasteiger partial charge in [-0.1, -0.05) is 0 Å². The normalized spacial score (nSPS) is 10.9. The largest absolute Gasteiger partial charge is 0.492 e. The van der Waals surface area contributed by atoms with Gasteiger partial charge in [-0.3, -0.25) is 0 Å². The number of benzene rings is 1. The molecule has 0 bridgehead atoms. The van der Waals surface area contributed by atoms with E-state index in [4.69, 9.17) is 4.74 Å². The summed E-state index contributed by atoms with van der Waals surface area (Å²) >= 11 is 0. The van der Waals surface area contributed by atoms with Crippen molar-refractivity contribution < 1.29 is 19.2 Å². The van der Waals surface area contributed by atoms with E-state index in [-0.39, 0.29) is 23.9 Å². The van der Waals surface area contributed by atoms with Crippen LogP contribution in [0.1, 0.15) is 25.7 Å². The van der Waals surface area contributed by atoms with E-state index < -0.39 is 12.9 Å². The van der Waals surface area contributed by atoms with Crippen molar-refractivity contribution in [2.45, 2.75) is 26.5 Å². The van der Waals surface area contributed by atoms with E-state index in [0.29, 0.717) is 5.82 Å². The minimum absolute atomic E-state index is 0.0272. The van der Waals surface area contributed by atoms with Gasteiger partial charge in [0.15, 0.2) is 5.82 Å². The Labute approximate surface area is 116 Å². The van der Waals surface area contributed by atoms with Gasteiger partial charge in [-0.2, -0.15) is 5.10 Å². The lowest BCUT2D eigenvalue weighted by Crippen LogP contribution is -2.32. The summed E-state index contributed by atoms with van der Waals surface area (Å²) in [6.45, 7) is 4.02. The van der Waals surface area contributed by atoms with Crippen molar-refractivity contribution in [3.63, 3.8) is 0 Å². The van der Waals surface area contributed by atoms with Gasteiger partial charge in [0, 0.05) is 11.5 Å². The summed E-state index contributed by atoms with van der Waals surface area (Å²) in [5.41, 5.74) is -0.0272. The summed E-state index contributed by atoms with van der Waals surface area (Å²) in [6.07, 6.45) is 1.42. The Morgan fingerprint density at radius 3 is 2.80 bits per heavy atom. The number of ether oxygens (including phenoxy) is 1. The van der Waals surface area contributed by atoms with E-state index in [2.05, 4.69) is 10.1 Å². The Balaban J connectivity index is 2.17. The van der Waals surface area contributed by atoms with E-state index in [1.54, 1.807) is 4.68 Å². The number of aromatic nitrogens is 3. The maximum atomic E-state index is 13.1. The van der Waals surface area contributed by atoms with Crippen molar-refractivity contribution in [3.05, 3.63) is 36.2 Å². The molecular formula is C12H15BFN3O3. The molecule has 8 heteroatoms. The fourth-order valence-electron chi connectivity index (χ4n) is 1.80. The molecule has 20 heavy (non-hydrogen) atoms. The number of nitrogens with zero attached hydrogens (tertiary/aromatic N) is 3. The molecule has 0 amide bonds. The third-order valence-corrected chi connectivity index (χ3v) is 2.74. The monoisotopic (exact) mass is 279 g/mol. The topological polar surface area (TPSA) is 80.4 Å². The molecule has 0 radical (unpaired) electrons. The molecule has 106 valence electrons. The zero-order chi connectivity index (χ0) is 14.7. The molecule has 0 aliphatic rings. The van der Waals surface area contributed by atoms with Crippen LogP contribution in [0.15, 0.2) is 24.5 Å². The third kappa shape index (κ3) is 3.15. The highest BCUT2D eigenvalue weighted by molar-refractivity contribution is 6.59. The van der Waals surface area contributed by atoms with Gasteiger partial charge in [-0.15, -0.1) is 0 Å². The van der Waals surface area contributed by atoms with Crippen molar-refractivity contribution in [3.8, 4) is 5.75 Å². The average Bonchev–Trinajstić information content (AvgIpc) is 2.85. The highest BCUT2D eigenvalue weighted by Gasteiger charge is 2.19. The standard InChI is InChI=1S/C12H15BFN3O3/c1-8(2)17-12(15-7-16-17)6-20-11-4-3-9(14)5-10(11)13(18)19/h3-5,7-8,18-19H,6H2,1-2H3. The van der Waals surface area contributed by atoms with Crippen LogP contribution in [-0.2, 0) is 6.61 Å². The van der Waals surface area contributed by atoms with E-state index in [9.17, 15) is 14.4 Å². The van der Waals surface area contributed by atoms with E-state index in [1.807, 2.05) is 13.8 Å². The third-order valence-electron chi connectivity index (χ3n) is 2.74. The van der Waals surface area contributed by atoms with Crippen molar-refractivity contribution in [2.24, 2.45) is 0 Å². The number of hydrogen-bond donors (Lipinski definition) is 2. The van der Waals surface area contributed by atoms with Crippen molar-refractivity contribution in [1.29, 1.82) is 0 Å². The fraction of sp³-hybridized carbons (Fsp3) is 0.333. The molecule has 0 aliphatic carbocycles. The highest BCUT2D eigenvalue weighted by Crippen LogP contribution is 2.13. The molecule has 0 fully saturated rings. The van der Waals surface area contributed by atoms with Crippen LogP contribution in [0.5, 0.6) is 5.75 Å². The SMILES string of the molecule is CC(C)n1ncnc1COc1ccc(F)cc1B(O)O. The number of hydrogen-bond acceptors (Lipinski definition) is 5. The summed E-state index contributed by atoms with van der Waals surface area (Å²) in [5.74, 6) is 0.230. The van der Waals surface area contributed by atoms with Gasteiger partial charge in [0.1, 0.15) is 24.5 Å². The predicted octanol–water partition coefficient (Wildman–Crippen LogP) is 0.257. The van der Waals surface area contributed by atoms with Crippen LogP contribution >= 0.6 is 0 Å². The highest BCUT2D eigenvalue weighted by atomic mass is 19.1. The second-order valence-electron chi connectivity index (χ2n) is 4.56. The molecule has 2 N–H and O–H groups in total. The minimum Gasteiger partial charge on any atom is -0.486 e. The molecule has 0 unspecified atom stereocenters. The minimum atomic E-state index is -1.80. The quantitative estimate of drug-likeness (QED) is 0.767. The molecule has 0 saturated heterocycles. The molecule has 2 rings (SSSR count). The van der Waals surface area contributed by atoms with Crippen LogP contribution in [0, 0.1) is 5.82 Å². The Kier molecular flexibility index (Phi) is 4.36. The summed E-state index contributed by atoms with van der Waals surface area (Å²) in [5, 5.41) is 22.5. The smallest absolute Gasteiger partial charge is 0.486 e. The lowest BCUT2D eigenvalue weighted by Gasteiger charge is -2.13. The van der Waals surface area contributed by atoms with E-state index >= 15 is 0 Å². The summed E-state index contributed by atoms with van der Waals surface area (Å²) < 4.78 is 20.3. The van der Waals surface area contributed by atoms with Crippen LogP contribution < -0.4 is 10.2 Å². The van der Waals surface area contributed by atoms with Crippen LogP contribution in [0.4, 0.5) is 4.39 Å². The van der Waals surface area contributed by atoms with Crippen LogP contribution in [0.2, 0.25) is 0 Å². The second-order valence-corrected chi connectivity index (χ2v) is 4.56. The van der Waals surface area contributed by atoms with Gasteiger partial charge in [-0.05, 0) is 32.0 Å². The Morgan fingerprint density at radius 2 is 2.15 bits per heavy atom. The van der Waals surface area contributed by atoms with Crippen molar-refractivity contribution in [1.82, 2.24) is 14.8 Å². The van der Waals surface area contributed by atoms with Crippen LogP contribution in [0.3, 0.4) is 0 Å². The Bertz CT molecular complexity index is 589. The summed E-state index contributed by atoms with van der Waals surface area (Å²) in [6, 6.07) is 3.69. The van der Waals surface area contributed by atoms with Gasteiger partial charge in [0.2, 0.25) is 0 Å². The van der Waals surface area contributed by atoms with Gasteiger partial charge < -0.3 is 14.8 Å². The van der Waals surface area contributed by atoms with Crippen molar-refractivity contribution >= 4 is 12.6 Å². The molecule has 1 aromatic carbocycles. The van der Waals surface area contributed by atoms with E-state index in [0.717, 1.165) is 6.07 Å². The molecule has 0 saturated carbocycles. The molecular weight excluding hydrogens is 264 g/mol. The van der Waals surface area contributed by atoms with Crippen LogP contribution in [-0.4, -0.2) is 31.9 Å². The zero-order valence-corrected chi connectivity index (χ0v) is 11.2. The molecule has 0 aliphatic heterocycles. The first-order valence-corrected chi connectivity index (χ1v) is 6.15. The predicted molar refractivity (Wildman–Crippen MR) is 71.0 cm³/mol. The first-order valence-electron chi connectivity index (χ1n) is 6.15. The Hall–Kier alpha value is -1.93. The second kappa shape index (κ2) is 6.02. The average molecular weight is 279 g/mol. The van der Waals surface area contributed by atoms with Gasteiger partial charge in [0.25, 0.3) is 0 Å². The molecule has 1 aromatic heterocycles. The summed E-state index contributed by atoms with van der Waals surface area (Å²) in [4.78, 5) is 4.07. The van der Waals surface area contributed by atoms with Crippen molar-refractivity contribution in [2.75, 3.05) is 0 Å². The lowest BCUT2D eigenvalue weighted by atomic mass is 9.79. The molecule has 0 spiro atoms. The maximum Gasteiger partial charge on any atom is 0.492 e. The first-order chi connectivity index (χ1) is 9.49. The molecule has 6 nitrogen and oxygen atoms in total. The Morgan fingerprint density at radius 1 is 1.40 bits per heavy atom. The van der Waals surface area contributed by atoms with Crippen LogP contribution in [0.25, 0.3) is 0 Å². The van der Waals surface area contributed by atoms with Gasteiger partial charge >= 0.3 is 7.12 Å². The molecule has 2 aromatic rings. The fourth-order valence-corrected chi connectivity index (χ4v) is 1.80. The maximum absolute atomic E-state index is 13.1.